The molecule has 2 aromatic rings. The lowest BCUT2D eigenvalue weighted by Gasteiger charge is -2.43. The molecule has 4 rings (SSSR count). The predicted molar refractivity (Wildman–Crippen MR) is 119 cm³/mol. The molecule has 2 saturated carbocycles. The molecule has 0 spiro atoms. The molecule has 2 amide bonds. The van der Waals surface area contributed by atoms with Crippen molar-refractivity contribution in [2.24, 2.45) is 29.2 Å². The first-order chi connectivity index (χ1) is 14.0. The Morgan fingerprint density at radius 2 is 1.60 bits per heavy atom. The normalized spacial score (nSPS) is 25.0. The van der Waals surface area contributed by atoms with Gasteiger partial charge in [-0.2, -0.15) is 0 Å². The van der Waals surface area contributed by atoms with E-state index in [4.69, 9.17) is 16.2 Å². The number of carbonyl (C=O) groups excluding carboxylic acids is 2. The van der Waals surface area contributed by atoms with Gasteiger partial charge in [-0.05, 0) is 73.9 Å². The van der Waals surface area contributed by atoms with Crippen molar-refractivity contribution in [3.05, 3.63) is 54.1 Å². The first-order valence-electron chi connectivity index (χ1n) is 10.2. The summed E-state index contributed by atoms with van der Waals surface area (Å²) in [5, 5.41) is 3.03. The Hall–Kier alpha value is -2.57. The lowest BCUT2D eigenvalue weighted by Crippen LogP contribution is -2.48. The highest BCUT2D eigenvalue weighted by Crippen LogP contribution is 2.42. The molecule has 0 heterocycles. The number of hydrogen-bond donors (Lipinski definition) is 3. The Kier molecular flexibility index (Phi) is 7.00. The SMILES string of the molecule is Cl.NC(=O)c1ccccc1Oc1ccc(NC(=O)C2CC3CCCC(C2)C3N)cc1. The largest absolute Gasteiger partial charge is 0.457 e. The summed E-state index contributed by atoms with van der Waals surface area (Å²) in [5.74, 6) is 1.47. The maximum Gasteiger partial charge on any atom is 0.252 e. The number of hydrogen-bond acceptors (Lipinski definition) is 4. The van der Waals surface area contributed by atoms with Gasteiger partial charge in [0.15, 0.2) is 0 Å². The third kappa shape index (κ3) is 4.77. The lowest BCUT2D eigenvalue weighted by atomic mass is 9.65. The summed E-state index contributed by atoms with van der Waals surface area (Å²) in [5.41, 5.74) is 12.8. The molecule has 0 aromatic heterocycles. The minimum atomic E-state index is -0.540. The van der Waals surface area contributed by atoms with Crippen LogP contribution in [0.3, 0.4) is 0 Å². The zero-order chi connectivity index (χ0) is 20.4. The molecule has 2 fully saturated rings. The van der Waals surface area contributed by atoms with Crippen molar-refractivity contribution in [1.29, 1.82) is 0 Å². The van der Waals surface area contributed by atoms with Crippen LogP contribution < -0.4 is 21.5 Å². The van der Waals surface area contributed by atoms with Gasteiger partial charge in [-0.1, -0.05) is 18.6 Å². The van der Waals surface area contributed by atoms with Crippen LogP contribution in [0.4, 0.5) is 5.69 Å². The zero-order valence-corrected chi connectivity index (χ0v) is 17.6. The van der Waals surface area contributed by atoms with Crippen molar-refractivity contribution in [2.45, 2.75) is 38.1 Å². The molecule has 2 atom stereocenters. The van der Waals surface area contributed by atoms with Gasteiger partial charge >= 0.3 is 0 Å². The van der Waals surface area contributed by atoms with Gasteiger partial charge in [0, 0.05) is 17.6 Å². The highest BCUT2D eigenvalue weighted by Gasteiger charge is 2.40. The van der Waals surface area contributed by atoms with Crippen LogP contribution in [0.25, 0.3) is 0 Å². The number of anilines is 1. The Balaban J connectivity index is 0.00000256. The van der Waals surface area contributed by atoms with Crippen LogP contribution in [-0.4, -0.2) is 17.9 Å². The highest BCUT2D eigenvalue weighted by atomic mass is 35.5. The van der Waals surface area contributed by atoms with Gasteiger partial charge in [-0.25, -0.2) is 0 Å². The van der Waals surface area contributed by atoms with Crippen LogP contribution in [-0.2, 0) is 4.79 Å². The van der Waals surface area contributed by atoms with E-state index in [1.165, 1.54) is 6.42 Å². The van der Waals surface area contributed by atoms with Crippen LogP contribution in [0.2, 0.25) is 0 Å². The van der Waals surface area contributed by atoms with Gasteiger partial charge in [-0.15, -0.1) is 12.4 Å². The molecule has 2 unspecified atom stereocenters. The average Bonchev–Trinajstić information content (AvgIpc) is 2.69. The maximum absolute atomic E-state index is 12.8. The molecule has 160 valence electrons. The van der Waals surface area contributed by atoms with Gasteiger partial charge < -0.3 is 21.5 Å². The molecule has 6 nitrogen and oxygen atoms in total. The van der Waals surface area contributed by atoms with Gasteiger partial charge in [-0.3, -0.25) is 9.59 Å². The van der Waals surface area contributed by atoms with Crippen molar-refractivity contribution >= 4 is 29.9 Å². The molecule has 2 aromatic carbocycles. The number of fused-ring (bicyclic) bond motifs is 2. The number of amides is 2. The summed E-state index contributed by atoms with van der Waals surface area (Å²) in [6.45, 7) is 0. The van der Waals surface area contributed by atoms with E-state index >= 15 is 0 Å². The maximum atomic E-state index is 12.8. The molecule has 0 radical (unpaired) electrons. The lowest BCUT2D eigenvalue weighted by molar-refractivity contribution is -0.122. The fourth-order valence-corrected chi connectivity index (χ4v) is 4.74. The van der Waals surface area contributed by atoms with E-state index in [1.807, 2.05) is 0 Å². The second kappa shape index (κ2) is 9.49. The molecule has 7 heteroatoms. The number of nitrogens with two attached hydrogens (primary N) is 2. The molecular formula is C23H28ClN3O3. The second-order valence-electron chi connectivity index (χ2n) is 8.17. The number of carbonyl (C=O) groups is 2. The smallest absolute Gasteiger partial charge is 0.252 e. The molecular weight excluding hydrogens is 402 g/mol. The zero-order valence-electron chi connectivity index (χ0n) is 16.8. The van der Waals surface area contributed by atoms with Crippen molar-refractivity contribution < 1.29 is 14.3 Å². The van der Waals surface area contributed by atoms with Crippen LogP contribution in [0, 0.1) is 17.8 Å². The van der Waals surface area contributed by atoms with Crippen LogP contribution in [0.1, 0.15) is 42.5 Å². The Morgan fingerprint density at radius 3 is 2.23 bits per heavy atom. The van der Waals surface area contributed by atoms with Crippen LogP contribution >= 0.6 is 12.4 Å². The summed E-state index contributed by atoms with van der Waals surface area (Å²) < 4.78 is 5.78. The topological polar surface area (TPSA) is 107 Å². The number of ether oxygens (including phenoxy) is 1. The minimum Gasteiger partial charge on any atom is -0.457 e. The molecule has 2 bridgehead atoms. The van der Waals surface area contributed by atoms with E-state index in [1.54, 1.807) is 48.5 Å². The van der Waals surface area contributed by atoms with Crippen molar-refractivity contribution in [1.82, 2.24) is 0 Å². The number of para-hydroxylation sites is 1. The van der Waals surface area contributed by atoms with E-state index in [9.17, 15) is 9.59 Å². The minimum absolute atomic E-state index is 0. The number of nitrogens with one attached hydrogen (secondary N) is 1. The summed E-state index contributed by atoms with van der Waals surface area (Å²) in [6, 6.07) is 14.2. The van der Waals surface area contributed by atoms with E-state index in [0.29, 0.717) is 28.9 Å². The molecule has 5 N–H and O–H groups in total. The summed E-state index contributed by atoms with van der Waals surface area (Å²) >= 11 is 0. The highest BCUT2D eigenvalue weighted by molar-refractivity contribution is 5.95. The third-order valence-electron chi connectivity index (χ3n) is 6.29. The van der Waals surface area contributed by atoms with E-state index in [-0.39, 0.29) is 30.3 Å². The molecule has 2 aliphatic rings. The third-order valence-corrected chi connectivity index (χ3v) is 6.29. The number of rotatable bonds is 5. The van der Waals surface area contributed by atoms with Crippen molar-refractivity contribution in [3.8, 4) is 11.5 Å². The fourth-order valence-electron chi connectivity index (χ4n) is 4.74. The van der Waals surface area contributed by atoms with Gasteiger partial charge in [0.1, 0.15) is 11.5 Å². The Bertz CT molecular complexity index is 889. The van der Waals surface area contributed by atoms with Crippen LogP contribution in [0.15, 0.2) is 48.5 Å². The van der Waals surface area contributed by atoms with E-state index < -0.39 is 5.91 Å². The van der Waals surface area contributed by atoms with E-state index in [0.717, 1.165) is 31.4 Å². The van der Waals surface area contributed by atoms with Crippen molar-refractivity contribution in [2.75, 3.05) is 5.32 Å². The quantitative estimate of drug-likeness (QED) is 0.665. The van der Waals surface area contributed by atoms with Gasteiger partial charge in [0.25, 0.3) is 5.91 Å². The molecule has 2 aliphatic carbocycles. The second-order valence-corrected chi connectivity index (χ2v) is 8.17. The van der Waals surface area contributed by atoms with Crippen LogP contribution in [0.5, 0.6) is 11.5 Å². The van der Waals surface area contributed by atoms with Crippen molar-refractivity contribution in [3.63, 3.8) is 0 Å². The average molecular weight is 430 g/mol. The predicted octanol–water partition coefficient (Wildman–Crippen LogP) is 4.09. The monoisotopic (exact) mass is 429 g/mol. The summed E-state index contributed by atoms with van der Waals surface area (Å²) in [6.07, 6.45) is 5.28. The molecule has 0 saturated heterocycles. The Labute approximate surface area is 182 Å². The molecule has 0 aliphatic heterocycles. The van der Waals surface area contributed by atoms with Gasteiger partial charge in [0.05, 0.1) is 5.56 Å². The summed E-state index contributed by atoms with van der Waals surface area (Å²) in [4.78, 5) is 24.3. The van der Waals surface area contributed by atoms with E-state index in [2.05, 4.69) is 5.32 Å². The number of halogens is 1. The van der Waals surface area contributed by atoms with Gasteiger partial charge in [0.2, 0.25) is 5.91 Å². The fraction of sp³-hybridized carbons (Fsp3) is 0.391. The first kappa shape index (κ1) is 22.1. The Morgan fingerprint density at radius 1 is 0.967 bits per heavy atom. The number of primary amides is 1. The summed E-state index contributed by atoms with van der Waals surface area (Å²) in [7, 11) is 0. The number of benzene rings is 2. The molecule has 30 heavy (non-hydrogen) atoms. The standard InChI is InChI=1S/C23H27N3O3.ClH/c24-21-14-4-3-5-15(21)13-16(12-14)23(28)26-17-8-10-18(11-9-17)29-20-7-2-1-6-19(20)22(25)27;/h1-2,6-11,14-16,21H,3-5,12-13,24H2,(H2,25,27)(H,26,28);1H. The first-order valence-corrected chi connectivity index (χ1v) is 10.2.